The molecule has 2 aromatic rings. The van der Waals surface area contributed by atoms with Crippen molar-refractivity contribution in [1.29, 1.82) is 0 Å². The van der Waals surface area contributed by atoms with Gasteiger partial charge in [-0.25, -0.2) is 4.85 Å². The molecule has 0 unspecified atom stereocenters. The number of aromatic nitrogens is 2. The van der Waals surface area contributed by atoms with Crippen LogP contribution in [0.4, 0.5) is 0 Å². The van der Waals surface area contributed by atoms with Crippen molar-refractivity contribution in [3.8, 4) is 11.3 Å². The Morgan fingerprint density at radius 1 is 1.23 bits per heavy atom. The molecule has 26 heavy (non-hydrogen) atoms. The van der Waals surface area contributed by atoms with E-state index in [4.69, 9.17) is 11.6 Å². The van der Waals surface area contributed by atoms with Crippen LogP contribution in [0.5, 0.6) is 0 Å². The summed E-state index contributed by atoms with van der Waals surface area (Å²) in [5.74, 6) is 0.0963. The Hall–Kier alpha value is -2.80. The maximum absolute atomic E-state index is 12.8. The van der Waals surface area contributed by atoms with Crippen LogP contribution in [-0.4, -0.2) is 15.8 Å². The van der Waals surface area contributed by atoms with E-state index >= 15 is 0 Å². The zero-order valence-electron chi connectivity index (χ0n) is 15.3. The molecule has 0 saturated heterocycles. The first-order chi connectivity index (χ1) is 12.4. The summed E-state index contributed by atoms with van der Waals surface area (Å²) in [7, 11) is 0. The standard InChI is InChI=1S/C22H21N3O/c1-21(2)18-10-8-14-7-9-16(15-6-5-11-24-13-15)25-19(14)22(18,3)12-17(23-4)20(21)26/h5-7,9,11-13,18H,8,10H2,1-3H3/t18-,22-/m0/s1. The molecule has 0 bridgehead atoms. The molecule has 4 nitrogen and oxygen atoms in total. The van der Waals surface area contributed by atoms with Gasteiger partial charge in [-0.05, 0) is 42.5 Å². The van der Waals surface area contributed by atoms with Crippen LogP contribution >= 0.6 is 0 Å². The first kappa shape index (κ1) is 16.7. The zero-order valence-corrected chi connectivity index (χ0v) is 15.3. The van der Waals surface area contributed by atoms with Crippen molar-refractivity contribution in [3.05, 3.63) is 71.1 Å². The molecule has 0 aliphatic heterocycles. The highest BCUT2D eigenvalue weighted by Gasteiger charge is 2.54. The Bertz CT molecular complexity index is 969. The molecule has 2 aliphatic carbocycles. The van der Waals surface area contributed by atoms with Gasteiger partial charge in [-0.1, -0.05) is 32.9 Å². The molecule has 0 fully saturated rings. The van der Waals surface area contributed by atoms with Crippen molar-refractivity contribution in [2.45, 2.75) is 39.0 Å². The molecular weight excluding hydrogens is 322 g/mol. The number of hydrogen-bond acceptors (Lipinski definition) is 3. The van der Waals surface area contributed by atoms with E-state index in [1.165, 1.54) is 5.56 Å². The van der Waals surface area contributed by atoms with E-state index < -0.39 is 10.8 Å². The van der Waals surface area contributed by atoms with E-state index in [-0.39, 0.29) is 17.4 Å². The molecule has 4 rings (SSSR count). The highest BCUT2D eigenvalue weighted by atomic mass is 16.1. The number of carbonyl (C=O) groups excluding carboxylic acids is 1. The lowest BCUT2D eigenvalue weighted by Gasteiger charge is -2.50. The van der Waals surface area contributed by atoms with Gasteiger partial charge in [0.1, 0.15) is 0 Å². The van der Waals surface area contributed by atoms with Gasteiger partial charge in [0.2, 0.25) is 5.70 Å². The highest BCUT2D eigenvalue weighted by Crippen LogP contribution is 2.54. The van der Waals surface area contributed by atoms with Gasteiger partial charge in [0.05, 0.1) is 18.0 Å². The molecule has 2 aromatic heterocycles. The Labute approximate surface area is 153 Å². The predicted octanol–water partition coefficient (Wildman–Crippen LogP) is 4.38. The minimum atomic E-state index is -0.562. The van der Waals surface area contributed by atoms with E-state index in [1.807, 2.05) is 44.3 Å². The molecule has 2 atom stereocenters. The summed E-state index contributed by atoms with van der Waals surface area (Å²) >= 11 is 0. The molecule has 0 N–H and O–H groups in total. The monoisotopic (exact) mass is 343 g/mol. The molecule has 0 saturated carbocycles. The highest BCUT2D eigenvalue weighted by molar-refractivity contribution is 6.02. The lowest BCUT2D eigenvalue weighted by atomic mass is 9.53. The maximum Gasteiger partial charge on any atom is 0.226 e. The first-order valence-electron chi connectivity index (χ1n) is 8.94. The Kier molecular flexibility index (Phi) is 3.59. The lowest BCUT2D eigenvalue weighted by molar-refractivity contribution is -0.128. The molecule has 0 amide bonds. The van der Waals surface area contributed by atoms with Crippen LogP contribution in [-0.2, 0) is 16.6 Å². The van der Waals surface area contributed by atoms with Crippen molar-refractivity contribution < 1.29 is 4.79 Å². The minimum Gasteiger partial charge on any atom is -0.307 e. The molecule has 4 heteroatoms. The van der Waals surface area contributed by atoms with Crippen LogP contribution in [0.25, 0.3) is 16.1 Å². The van der Waals surface area contributed by atoms with Gasteiger partial charge in [-0.2, -0.15) is 0 Å². The number of aryl methyl sites for hydroxylation is 1. The van der Waals surface area contributed by atoms with E-state index in [9.17, 15) is 4.79 Å². The molecule has 2 aliphatic rings. The largest absolute Gasteiger partial charge is 0.307 e. The molecular formula is C22H21N3O. The minimum absolute atomic E-state index is 0.0400. The van der Waals surface area contributed by atoms with E-state index in [1.54, 1.807) is 6.20 Å². The van der Waals surface area contributed by atoms with Gasteiger partial charge in [0.25, 0.3) is 0 Å². The topological polar surface area (TPSA) is 47.2 Å². The summed E-state index contributed by atoms with van der Waals surface area (Å²) < 4.78 is 0. The predicted molar refractivity (Wildman–Crippen MR) is 100 cm³/mol. The quantitative estimate of drug-likeness (QED) is 0.722. The van der Waals surface area contributed by atoms with Crippen molar-refractivity contribution in [2.75, 3.05) is 0 Å². The molecule has 0 spiro atoms. The number of fused-ring (bicyclic) bond motifs is 3. The second-order valence-corrected chi connectivity index (χ2v) is 8.01. The summed E-state index contributed by atoms with van der Waals surface area (Å²) in [6.07, 6.45) is 7.27. The number of rotatable bonds is 1. The lowest BCUT2D eigenvalue weighted by Crippen LogP contribution is -2.51. The van der Waals surface area contributed by atoms with Gasteiger partial charge in [-0.3, -0.25) is 9.97 Å². The fourth-order valence-electron chi connectivity index (χ4n) is 4.80. The fraction of sp³-hybridized carbons (Fsp3) is 0.364. The average Bonchev–Trinajstić information content (AvgIpc) is 2.65. The second kappa shape index (κ2) is 5.60. The third kappa shape index (κ3) is 2.24. The van der Waals surface area contributed by atoms with Gasteiger partial charge in [0, 0.05) is 28.8 Å². The summed E-state index contributed by atoms with van der Waals surface area (Å²) in [6, 6.07) is 8.08. The number of allylic oxidation sites excluding steroid dienone is 2. The molecule has 2 heterocycles. The molecule has 0 radical (unpaired) electrons. The summed E-state index contributed by atoms with van der Waals surface area (Å²) in [5.41, 5.74) is 3.33. The average molecular weight is 343 g/mol. The third-order valence-corrected chi connectivity index (χ3v) is 6.12. The fourth-order valence-corrected chi connectivity index (χ4v) is 4.80. The van der Waals surface area contributed by atoms with Crippen molar-refractivity contribution in [3.63, 3.8) is 0 Å². The Morgan fingerprint density at radius 3 is 2.73 bits per heavy atom. The smallest absolute Gasteiger partial charge is 0.226 e. The van der Waals surface area contributed by atoms with E-state index in [0.717, 1.165) is 29.8 Å². The van der Waals surface area contributed by atoms with Crippen LogP contribution in [0.3, 0.4) is 0 Å². The SMILES string of the molecule is [C-]#[N+]C1=C[C@]2(C)c3nc(-c4cccnc4)ccc3CC[C@H]2C(C)(C)C1=O. The Balaban J connectivity index is 1.94. The first-order valence-corrected chi connectivity index (χ1v) is 8.94. The van der Waals surface area contributed by atoms with Gasteiger partial charge in [-0.15, -0.1) is 0 Å². The van der Waals surface area contributed by atoms with Crippen molar-refractivity contribution in [1.82, 2.24) is 9.97 Å². The summed E-state index contributed by atoms with van der Waals surface area (Å²) in [4.78, 5) is 25.5. The molecule has 130 valence electrons. The van der Waals surface area contributed by atoms with Crippen LogP contribution in [0, 0.1) is 17.9 Å². The van der Waals surface area contributed by atoms with E-state index in [2.05, 4.69) is 22.8 Å². The Morgan fingerprint density at radius 2 is 2.04 bits per heavy atom. The van der Waals surface area contributed by atoms with Crippen LogP contribution in [0.15, 0.2) is 48.4 Å². The number of hydrogen-bond donors (Lipinski definition) is 0. The van der Waals surface area contributed by atoms with Crippen LogP contribution in [0.1, 0.15) is 38.4 Å². The number of carbonyl (C=O) groups is 1. The van der Waals surface area contributed by atoms with Crippen molar-refractivity contribution in [2.24, 2.45) is 11.3 Å². The summed E-state index contributed by atoms with van der Waals surface area (Å²) in [6.45, 7) is 13.6. The maximum atomic E-state index is 12.8. The second-order valence-electron chi connectivity index (χ2n) is 8.01. The number of nitrogens with zero attached hydrogens (tertiary/aromatic N) is 3. The van der Waals surface area contributed by atoms with E-state index in [0.29, 0.717) is 0 Å². The van der Waals surface area contributed by atoms with Gasteiger partial charge < -0.3 is 4.79 Å². The number of ketones is 1. The summed E-state index contributed by atoms with van der Waals surface area (Å²) in [5, 5.41) is 0. The van der Waals surface area contributed by atoms with Gasteiger partial charge >= 0.3 is 0 Å². The molecule has 0 aromatic carbocycles. The number of pyridine rings is 2. The third-order valence-electron chi connectivity index (χ3n) is 6.12. The normalized spacial score (nSPS) is 26.3. The van der Waals surface area contributed by atoms with Crippen LogP contribution in [0.2, 0.25) is 0 Å². The van der Waals surface area contributed by atoms with Crippen molar-refractivity contribution >= 4 is 5.78 Å². The zero-order chi connectivity index (χ0) is 18.5. The number of Topliss-reactive ketones (excluding diaryl/α,β-unsaturated/α-hetero) is 1. The van der Waals surface area contributed by atoms with Gasteiger partial charge in [0.15, 0.2) is 5.78 Å². The van der Waals surface area contributed by atoms with Crippen LogP contribution < -0.4 is 0 Å².